The van der Waals surface area contributed by atoms with Crippen molar-refractivity contribution in [3.05, 3.63) is 65.7 Å². The number of nitriles is 1. The average Bonchev–Trinajstić information content (AvgIpc) is 2.67. The summed E-state index contributed by atoms with van der Waals surface area (Å²) in [7, 11) is -3.74. The van der Waals surface area contributed by atoms with Gasteiger partial charge in [-0.15, -0.1) is 0 Å². The maximum absolute atomic E-state index is 12.4. The minimum absolute atomic E-state index is 0.00466. The van der Waals surface area contributed by atoms with Crippen LogP contribution in [0.3, 0.4) is 0 Å². The van der Waals surface area contributed by atoms with Gasteiger partial charge in [0.15, 0.2) is 0 Å². The van der Waals surface area contributed by atoms with Crippen LogP contribution in [0.15, 0.2) is 59.5 Å². The summed E-state index contributed by atoms with van der Waals surface area (Å²) in [5.74, 6) is -0.315. The first-order valence-electron chi connectivity index (χ1n) is 8.74. The van der Waals surface area contributed by atoms with Gasteiger partial charge in [0.1, 0.15) is 0 Å². The van der Waals surface area contributed by atoms with Gasteiger partial charge in [0, 0.05) is 24.6 Å². The highest BCUT2D eigenvalue weighted by atomic mass is 32.2. The first-order chi connectivity index (χ1) is 12.9. The van der Waals surface area contributed by atoms with Crippen LogP contribution in [0.1, 0.15) is 35.7 Å². The van der Waals surface area contributed by atoms with Crippen LogP contribution in [0, 0.1) is 11.3 Å². The number of aryl methyl sites for hydroxylation is 1. The fourth-order valence-electron chi connectivity index (χ4n) is 2.54. The van der Waals surface area contributed by atoms with Crippen LogP contribution in [0.5, 0.6) is 0 Å². The molecule has 1 atom stereocenters. The number of amides is 1. The smallest absolute Gasteiger partial charge is 0.251 e. The Morgan fingerprint density at radius 1 is 1.15 bits per heavy atom. The molecule has 0 spiro atoms. The molecule has 0 aliphatic carbocycles. The van der Waals surface area contributed by atoms with E-state index in [1.54, 1.807) is 6.07 Å². The van der Waals surface area contributed by atoms with Crippen LogP contribution < -0.4 is 10.0 Å². The standard InChI is InChI=1S/C20H23N3O3S/c1-16(11-12-17-7-3-2-4-8-17)23-20(24)18-9-5-10-19(15-18)27(25,26)22-14-6-13-21/h2-5,7-10,15-16,22H,6,11-12,14H2,1H3,(H,23,24)/t16-/m0/s1. The Kier molecular flexibility index (Phi) is 7.53. The van der Waals surface area contributed by atoms with Crippen molar-refractivity contribution in [2.75, 3.05) is 6.54 Å². The summed E-state index contributed by atoms with van der Waals surface area (Å²) in [6.07, 6.45) is 1.71. The van der Waals surface area contributed by atoms with Crippen molar-refractivity contribution in [3.8, 4) is 6.07 Å². The number of nitrogens with one attached hydrogen (secondary N) is 2. The van der Waals surface area contributed by atoms with Crippen molar-refractivity contribution in [3.63, 3.8) is 0 Å². The van der Waals surface area contributed by atoms with Gasteiger partial charge < -0.3 is 5.32 Å². The second-order valence-electron chi connectivity index (χ2n) is 6.23. The fourth-order valence-corrected chi connectivity index (χ4v) is 3.61. The molecular formula is C20H23N3O3S. The molecule has 0 unspecified atom stereocenters. The lowest BCUT2D eigenvalue weighted by atomic mass is 10.1. The molecule has 0 aliphatic heterocycles. The van der Waals surface area contributed by atoms with Gasteiger partial charge in [0.25, 0.3) is 5.91 Å². The number of carbonyl (C=O) groups excluding carboxylic acids is 1. The summed E-state index contributed by atoms with van der Waals surface area (Å²) in [6, 6.07) is 17.7. The first kappa shape index (κ1) is 20.6. The molecule has 2 aromatic rings. The van der Waals surface area contributed by atoms with E-state index in [1.165, 1.54) is 23.8 Å². The van der Waals surface area contributed by atoms with E-state index in [-0.39, 0.29) is 35.4 Å². The summed E-state index contributed by atoms with van der Waals surface area (Å²) in [5, 5.41) is 11.4. The maximum Gasteiger partial charge on any atom is 0.251 e. The molecule has 0 bridgehead atoms. The summed E-state index contributed by atoms with van der Waals surface area (Å²) >= 11 is 0. The number of carbonyl (C=O) groups is 1. The van der Waals surface area contributed by atoms with Crippen molar-refractivity contribution < 1.29 is 13.2 Å². The number of sulfonamides is 1. The van der Waals surface area contributed by atoms with Crippen LogP contribution in [0.4, 0.5) is 0 Å². The molecular weight excluding hydrogens is 362 g/mol. The first-order valence-corrected chi connectivity index (χ1v) is 10.2. The quantitative estimate of drug-likeness (QED) is 0.648. The molecule has 142 valence electrons. The summed E-state index contributed by atoms with van der Waals surface area (Å²) in [5.41, 5.74) is 1.49. The van der Waals surface area contributed by atoms with Gasteiger partial charge in [0.2, 0.25) is 10.0 Å². The van der Waals surface area contributed by atoms with Crippen molar-refractivity contribution in [2.45, 2.75) is 37.1 Å². The molecule has 0 fully saturated rings. The molecule has 0 saturated heterocycles. The van der Waals surface area contributed by atoms with Gasteiger partial charge in [-0.1, -0.05) is 36.4 Å². The fraction of sp³-hybridized carbons (Fsp3) is 0.300. The maximum atomic E-state index is 12.4. The molecule has 27 heavy (non-hydrogen) atoms. The zero-order valence-corrected chi connectivity index (χ0v) is 16.0. The highest BCUT2D eigenvalue weighted by Crippen LogP contribution is 2.12. The molecule has 1 amide bonds. The number of hydrogen-bond acceptors (Lipinski definition) is 4. The van der Waals surface area contributed by atoms with E-state index >= 15 is 0 Å². The van der Waals surface area contributed by atoms with Crippen LogP contribution in [0.25, 0.3) is 0 Å². The zero-order valence-electron chi connectivity index (χ0n) is 15.2. The van der Waals surface area contributed by atoms with Crippen molar-refractivity contribution >= 4 is 15.9 Å². The summed E-state index contributed by atoms with van der Waals surface area (Å²) in [4.78, 5) is 12.4. The van der Waals surface area contributed by atoms with E-state index in [4.69, 9.17) is 5.26 Å². The summed E-state index contributed by atoms with van der Waals surface area (Å²) < 4.78 is 26.8. The molecule has 2 N–H and O–H groups in total. The lowest BCUT2D eigenvalue weighted by Crippen LogP contribution is -2.33. The van der Waals surface area contributed by atoms with E-state index in [1.807, 2.05) is 43.3 Å². The number of nitrogens with zero attached hydrogens (tertiary/aromatic N) is 1. The highest BCUT2D eigenvalue weighted by Gasteiger charge is 2.16. The molecule has 0 radical (unpaired) electrons. The minimum atomic E-state index is -3.74. The van der Waals surface area contributed by atoms with Gasteiger partial charge in [-0.05, 0) is 43.5 Å². The zero-order chi connectivity index (χ0) is 19.7. The van der Waals surface area contributed by atoms with Gasteiger partial charge in [-0.2, -0.15) is 5.26 Å². The largest absolute Gasteiger partial charge is 0.350 e. The Bertz CT molecular complexity index is 906. The van der Waals surface area contributed by atoms with Gasteiger partial charge in [0.05, 0.1) is 11.0 Å². The molecule has 2 aromatic carbocycles. The van der Waals surface area contributed by atoms with Crippen LogP contribution in [-0.2, 0) is 16.4 Å². The highest BCUT2D eigenvalue weighted by molar-refractivity contribution is 7.89. The third-order valence-electron chi connectivity index (χ3n) is 4.02. The molecule has 0 heterocycles. The third kappa shape index (κ3) is 6.51. The molecule has 2 rings (SSSR count). The van der Waals surface area contributed by atoms with Crippen LogP contribution in [0.2, 0.25) is 0 Å². The van der Waals surface area contributed by atoms with E-state index < -0.39 is 10.0 Å². The average molecular weight is 385 g/mol. The van der Waals surface area contributed by atoms with E-state index in [0.717, 1.165) is 12.8 Å². The van der Waals surface area contributed by atoms with Crippen molar-refractivity contribution in [1.82, 2.24) is 10.0 Å². The lowest BCUT2D eigenvalue weighted by molar-refractivity contribution is 0.0938. The second-order valence-corrected chi connectivity index (χ2v) is 8.00. The van der Waals surface area contributed by atoms with Crippen LogP contribution >= 0.6 is 0 Å². The Labute approximate surface area is 160 Å². The predicted octanol–water partition coefficient (Wildman–Crippen LogP) is 2.63. The monoisotopic (exact) mass is 385 g/mol. The molecule has 7 heteroatoms. The van der Waals surface area contributed by atoms with Gasteiger partial charge >= 0.3 is 0 Å². The van der Waals surface area contributed by atoms with Crippen LogP contribution in [-0.4, -0.2) is 26.9 Å². The van der Waals surface area contributed by atoms with E-state index in [0.29, 0.717) is 0 Å². The molecule has 6 nitrogen and oxygen atoms in total. The van der Waals surface area contributed by atoms with Gasteiger partial charge in [-0.25, -0.2) is 13.1 Å². The Morgan fingerprint density at radius 3 is 2.59 bits per heavy atom. The Balaban J connectivity index is 1.97. The van der Waals surface area contributed by atoms with E-state index in [9.17, 15) is 13.2 Å². The van der Waals surface area contributed by atoms with Crippen molar-refractivity contribution in [1.29, 1.82) is 5.26 Å². The second kappa shape index (κ2) is 9.86. The number of benzene rings is 2. The predicted molar refractivity (Wildman–Crippen MR) is 104 cm³/mol. The number of rotatable bonds is 9. The number of hydrogen-bond donors (Lipinski definition) is 2. The van der Waals surface area contributed by atoms with Crippen molar-refractivity contribution in [2.24, 2.45) is 0 Å². The topological polar surface area (TPSA) is 99.1 Å². The third-order valence-corrected chi connectivity index (χ3v) is 5.48. The van der Waals surface area contributed by atoms with E-state index in [2.05, 4.69) is 10.0 Å². The summed E-state index contributed by atoms with van der Waals surface area (Å²) in [6.45, 7) is 1.96. The lowest BCUT2D eigenvalue weighted by Gasteiger charge is -2.14. The molecule has 0 aromatic heterocycles. The molecule has 0 aliphatic rings. The minimum Gasteiger partial charge on any atom is -0.350 e. The normalized spacial score (nSPS) is 12.1. The SMILES string of the molecule is C[C@@H](CCc1ccccc1)NC(=O)c1cccc(S(=O)(=O)NCCC#N)c1. The van der Waals surface area contributed by atoms with Gasteiger partial charge in [-0.3, -0.25) is 4.79 Å². The Morgan fingerprint density at radius 2 is 1.89 bits per heavy atom. The Hall–Kier alpha value is -2.69. The molecule has 0 saturated carbocycles.